The SMILES string of the molecule is O=S(=O)(O)CCCS(=O)(=O)O.[H-].[Na+].c1ccc(-c2cscn2)cc1. The molecule has 1 heterocycles. The van der Waals surface area contributed by atoms with Gasteiger partial charge in [-0.3, -0.25) is 9.11 Å². The molecule has 2 aromatic rings. The molecule has 0 bridgehead atoms. The number of thiazole rings is 1. The Kier molecular flexibility index (Phi) is 10.4. The Labute approximate surface area is 163 Å². The van der Waals surface area contributed by atoms with E-state index in [2.05, 4.69) is 22.5 Å². The fourth-order valence-electron chi connectivity index (χ4n) is 1.39. The van der Waals surface area contributed by atoms with E-state index >= 15 is 0 Å². The van der Waals surface area contributed by atoms with Gasteiger partial charge in [-0.25, -0.2) is 4.98 Å². The van der Waals surface area contributed by atoms with Crippen LogP contribution < -0.4 is 29.6 Å². The Morgan fingerprint density at radius 3 is 1.91 bits per heavy atom. The van der Waals surface area contributed by atoms with Crippen LogP contribution in [0, 0.1) is 0 Å². The molecule has 0 fully saturated rings. The van der Waals surface area contributed by atoms with E-state index in [0.29, 0.717) is 0 Å². The molecular weight excluding hydrogens is 373 g/mol. The third-order valence-electron chi connectivity index (χ3n) is 2.31. The van der Waals surface area contributed by atoms with Gasteiger partial charge in [0.05, 0.1) is 22.7 Å². The van der Waals surface area contributed by atoms with E-state index in [1.165, 1.54) is 5.56 Å². The van der Waals surface area contributed by atoms with Gasteiger partial charge in [-0.15, -0.1) is 11.3 Å². The van der Waals surface area contributed by atoms with Gasteiger partial charge in [-0.1, -0.05) is 30.3 Å². The molecule has 1 aromatic heterocycles. The van der Waals surface area contributed by atoms with Gasteiger partial charge in [-0.05, 0) is 6.42 Å². The summed E-state index contributed by atoms with van der Waals surface area (Å²) in [4.78, 5) is 4.20. The number of hydrogen-bond acceptors (Lipinski definition) is 6. The van der Waals surface area contributed by atoms with Gasteiger partial charge in [0.15, 0.2) is 0 Å². The van der Waals surface area contributed by atoms with Gasteiger partial charge >= 0.3 is 29.6 Å². The minimum Gasteiger partial charge on any atom is -1.00 e. The van der Waals surface area contributed by atoms with Crippen LogP contribution in [-0.2, 0) is 20.2 Å². The molecule has 0 aliphatic rings. The van der Waals surface area contributed by atoms with E-state index in [0.717, 1.165) is 5.69 Å². The molecule has 124 valence electrons. The van der Waals surface area contributed by atoms with Gasteiger partial charge in [0.1, 0.15) is 0 Å². The third-order valence-corrected chi connectivity index (χ3v) is 4.50. The molecule has 0 aliphatic carbocycles. The molecule has 0 unspecified atom stereocenters. The fraction of sp³-hybridized carbons (Fsp3) is 0.250. The first-order valence-corrected chi connectivity index (χ1v) is 10.2. The molecule has 23 heavy (non-hydrogen) atoms. The molecule has 0 radical (unpaired) electrons. The second kappa shape index (κ2) is 10.5. The topological polar surface area (TPSA) is 122 Å². The minimum atomic E-state index is -4.12. The average Bonchev–Trinajstić information content (AvgIpc) is 2.91. The molecule has 0 amide bonds. The summed E-state index contributed by atoms with van der Waals surface area (Å²) in [6.45, 7) is 0. The maximum absolute atomic E-state index is 10.00. The van der Waals surface area contributed by atoms with Crippen molar-refractivity contribution in [1.29, 1.82) is 0 Å². The first-order valence-electron chi connectivity index (χ1n) is 6.01. The van der Waals surface area contributed by atoms with Crippen LogP contribution >= 0.6 is 11.3 Å². The van der Waals surface area contributed by atoms with Crippen LogP contribution in [0.1, 0.15) is 7.85 Å². The Morgan fingerprint density at radius 1 is 1.00 bits per heavy atom. The summed E-state index contributed by atoms with van der Waals surface area (Å²) in [5, 5.41) is 2.05. The molecule has 0 aliphatic heterocycles. The quantitative estimate of drug-likeness (QED) is 0.501. The molecule has 0 saturated carbocycles. The van der Waals surface area contributed by atoms with Gasteiger partial charge in [0.25, 0.3) is 20.2 Å². The van der Waals surface area contributed by atoms with Crippen molar-refractivity contribution in [2.45, 2.75) is 6.42 Å². The van der Waals surface area contributed by atoms with Crippen LogP contribution in [0.4, 0.5) is 0 Å². The third kappa shape index (κ3) is 11.8. The van der Waals surface area contributed by atoms with Crippen LogP contribution in [0.15, 0.2) is 41.2 Å². The Bertz CT molecular complexity index is 734. The predicted molar refractivity (Wildman–Crippen MR) is 86.1 cm³/mol. The zero-order valence-electron chi connectivity index (χ0n) is 13.4. The van der Waals surface area contributed by atoms with Crippen LogP contribution in [0.3, 0.4) is 0 Å². The molecule has 0 spiro atoms. The zero-order chi connectivity index (χ0) is 16.6. The van der Waals surface area contributed by atoms with Crippen molar-refractivity contribution in [2.24, 2.45) is 0 Å². The molecule has 2 rings (SSSR count). The van der Waals surface area contributed by atoms with Gasteiger partial charge in [0, 0.05) is 10.9 Å². The number of hydrogen-bond donors (Lipinski definition) is 2. The van der Waals surface area contributed by atoms with E-state index in [4.69, 9.17) is 9.11 Å². The first-order chi connectivity index (χ1) is 10.2. The Hall–Kier alpha value is -0.330. The van der Waals surface area contributed by atoms with Crippen LogP contribution in [0.25, 0.3) is 11.3 Å². The summed E-state index contributed by atoms with van der Waals surface area (Å²) >= 11 is 1.62. The summed E-state index contributed by atoms with van der Waals surface area (Å²) in [5.74, 6) is -1.32. The van der Waals surface area contributed by atoms with Gasteiger partial charge in [-0.2, -0.15) is 16.8 Å². The number of aromatic nitrogens is 1. The number of benzene rings is 1. The van der Waals surface area contributed by atoms with Crippen molar-refractivity contribution >= 4 is 31.6 Å². The van der Waals surface area contributed by atoms with Crippen LogP contribution in [0.2, 0.25) is 0 Å². The van der Waals surface area contributed by atoms with E-state index in [1.54, 1.807) is 11.3 Å². The summed E-state index contributed by atoms with van der Waals surface area (Å²) in [7, 11) is -8.24. The summed E-state index contributed by atoms with van der Waals surface area (Å²) in [6.07, 6.45) is -0.308. The maximum Gasteiger partial charge on any atom is 1.00 e. The molecule has 7 nitrogen and oxygen atoms in total. The summed E-state index contributed by atoms with van der Waals surface area (Å²) in [6, 6.07) is 10.2. The first kappa shape index (κ1) is 22.7. The Balaban J connectivity index is 0. The van der Waals surface area contributed by atoms with Crippen LogP contribution in [-0.4, -0.2) is 42.4 Å². The van der Waals surface area contributed by atoms with E-state index < -0.39 is 31.7 Å². The Morgan fingerprint density at radius 2 is 1.52 bits per heavy atom. The molecule has 0 atom stereocenters. The smallest absolute Gasteiger partial charge is 1.00 e. The van der Waals surface area contributed by atoms with Gasteiger partial charge in [0.2, 0.25) is 0 Å². The second-order valence-corrected chi connectivity index (χ2v) is 8.03. The van der Waals surface area contributed by atoms with Crippen molar-refractivity contribution in [1.82, 2.24) is 4.98 Å². The molecule has 1 aromatic carbocycles. The van der Waals surface area contributed by atoms with E-state index in [1.807, 2.05) is 23.7 Å². The van der Waals surface area contributed by atoms with Crippen molar-refractivity contribution in [2.75, 3.05) is 11.5 Å². The summed E-state index contributed by atoms with van der Waals surface area (Å²) < 4.78 is 56.2. The van der Waals surface area contributed by atoms with E-state index in [-0.39, 0.29) is 37.4 Å². The maximum atomic E-state index is 10.00. The van der Waals surface area contributed by atoms with Crippen molar-refractivity contribution in [3.63, 3.8) is 0 Å². The summed E-state index contributed by atoms with van der Waals surface area (Å²) in [5.41, 5.74) is 4.10. The van der Waals surface area contributed by atoms with Gasteiger partial charge < -0.3 is 1.43 Å². The standard InChI is InChI=1S/C9H7NS.C3H8O6S2.Na.H/c1-2-4-8(5-3-1)9-6-11-7-10-9;4-10(5,6)2-1-3-11(7,8)9;;/h1-7H;1-3H2,(H,4,5,6)(H,7,8,9);;/q;;+1;-1. The second-order valence-electron chi connectivity index (χ2n) is 4.17. The van der Waals surface area contributed by atoms with Crippen LogP contribution in [0.5, 0.6) is 0 Å². The molecule has 2 N–H and O–H groups in total. The largest absolute Gasteiger partial charge is 1.00 e. The minimum absolute atomic E-state index is 0. The number of rotatable bonds is 5. The van der Waals surface area contributed by atoms with Crippen molar-refractivity contribution in [3.05, 3.63) is 41.2 Å². The van der Waals surface area contributed by atoms with Crippen molar-refractivity contribution in [3.8, 4) is 11.3 Å². The molecule has 0 saturated heterocycles. The fourth-order valence-corrected chi connectivity index (χ4v) is 3.15. The normalized spacial score (nSPS) is 11.0. The molecule has 11 heteroatoms. The number of nitrogens with zero attached hydrogens (tertiary/aromatic N) is 1. The molecular formula is C12H16NNaO6S3. The average molecular weight is 389 g/mol. The monoisotopic (exact) mass is 389 g/mol. The van der Waals surface area contributed by atoms with E-state index in [9.17, 15) is 16.8 Å². The van der Waals surface area contributed by atoms with Crippen molar-refractivity contribution < 1.29 is 56.9 Å². The predicted octanol–water partition coefficient (Wildman–Crippen LogP) is -0.921. The zero-order valence-corrected chi connectivity index (χ0v) is 16.8.